The van der Waals surface area contributed by atoms with Gasteiger partial charge in [0.2, 0.25) is 0 Å². The van der Waals surface area contributed by atoms with Crippen molar-refractivity contribution in [3.05, 3.63) is 0 Å². The molecule has 41 valence electrons. The highest BCUT2D eigenvalue weighted by atomic mass is 16.3. The topological polar surface area (TPSA) is 19.9 Å². The third-order valence-electron chi connectivity index (χ3n) is 1.78. The van der Waals surface area contributed by atoms with Gasteiger partial charge in [0, 0.05) is 0 Å². The predicted molar refractivity (Wildman–Crippen MR) is 27.5 cm³/mol. The van der Waals surface area contributed by atoms with Crippen molar-refractivity contribution in [2.75, 3.05) is 0 Å². The molecule has 1 radical (unpaired) electrons. The Morgan fingerprint density at radius 3 is 2.29 bits per heavy atom. The van der Waals surface area contributed by atoms with E-state index in [-0.39, 0.29) is 6.10 Å². The molecular weight excluding hydrogens is 88.1 g/mol. The van der Waals surface area contributed by atoms with Gasteiger partial charge in [-0.3, -0.25) is 0 Å². The lowest BCUT2D eigenvalue weighted by molar-refractivity contribution is 0.0626. The first-order valence-corrected chi connectivity index (χ1v) is 2.96. The summed E-state index contributed by atoms with van der Waals surface area (Å²) in [6.45, 7) is 2.05. The standard InChI is InChI=1S/C6H11O/c1-5-3-2-4-6(5)7/h5-6H,2-4H2,1H3. The highest BCUT2D eigenvalue weighted by Gasteiger charge is 2.21. The molecule has 0 heterocycles. The zero-order chi connectivity index (χ0) is 5.28. The van der Waals surface area contributed by atoms with Crippen LogP contribution in [0, 0.1) is 5.92 Å². The van der Waals surface area contributed by atoms with Gasteiger partial charge in [-0.25, -0.2) is 5.11 Å². The van der Waals surface area contributed by atoms with Gasteiger partial charge in [0.15, 0.2) is 0 Å². The second-order valence-corrected chi connectivity index (χ2v) is 2.45. The maximum atomic E-state index is 10.7. The van der Waals surface area contributed by atoms with Gasteiger partial charge in [0.05, 0.1) is 6.10 Å². The van der Waals surface area contributed by atoms with E-state index in [1.807, 2.05) is 6.92 Å². The first-order valence-electron chi connectivity index (χ1n) is 2.96. The summed E-state index contributed by atoms with van der Waals surface area (Å²) in [5.41, 5.74) is 0. The minimum atomic E-state index is -0.236. The van der Waals surface area contributed by atoms with Crippen LogP contribution in [0.15, 0.2) is 0 Å². The van der Waals surface area contributed by atoms with Gasteiger partial charge >= 0.3 is 0 Å². The van der Waals surface area contributed by atoms with Gasteiger partial charge in [-0.05, 0) is 18.8 Å². The molecule has 1 fully saturated rings. The van der Waals surface area contributed by atoms with Crippen molar-refractivity contribution in [3.8, 4) is 0 Å². The Bertz CT molecular complexity index is 53.2. The highest BCUT2D eigenvalue weighted by molar-refractivity contribution is 4.71. The molecule has 1 nitrogen and oxygen atoms in total. The van der Waals surface area contributed by atoms with Crippen LogP contribution >= 0.6 is 0 Å². The summed E-state index contributed by atoms with van der Waals surface area (Å²) in [7, 11) is 0. The predicted octanol–water partition coefficient (Wildman–Crippen LogP) is 1.61. The minimum Gasteiger partial charge on any atom is -0.233 e. The van der Waals surface area contributed by atoms with Crippen molar-refractivity contribution >= 4 is 0 Å². The Kier molecular flexibility index (Phi) is 1.33. The summed E-state index contributed by atoms with van der Waals surface area (Å²) in [4.78, 5) is 0. The SMILES string of the molecule is CC1CCCC1[O]. The molecule has 1 rings (SSSR count). The molecule has 0 aromatic carbocycles. The third-order valence-corrected chi connectivity index (χ3v) is 1.78. The molecular formula is C6H11O. The van der Waals surface area contributed by atoms with Crippen molar-refractivity contribution in [1.82, 2.24) is 0 Å². The van der Waals surface area contributed by atoms with Crippen LogP contribution in [-0.2, 0) is 5.11 Å². The fourth-order valence-electron chi connectivity index (χ4n) is 1.11. The zero-order valence-electron chi connectivity index (χ0n) is 4.68. The molecule has 0 spiro atoms. The largest absolute Gasteiger partial charge is 0.233 e. The molecule has 0 aliphatic heterocycles. The minimum absolute atomic E-state index is 0.236. The van der Waals surface area contributed by atoms with Gasteiger partial charge in [-0.2, -0.15) is 0 Å². The van der Waals surface area contributed by atoms with Crippen LogP contribution in [0.4, 0.5) is 0 Å². The molecule has 1 heteroatoms. The molecule has 7 heavy (non-hydrogen) atoms. The number of hydrogen-bond acceptors (Lipinski definition) is 0. The van der Waals surface area contributed by atoms with Crippen LogP contribution in [0.3, 0.4) is 0 Å². The van der Waals surface area contributed by atoms with Crippen molar-refractivity contribution < 1.29 is 5.11 Å². The summed E-state index contributed by atoms with van der Waals surface area (Å²) in [6, 6.07) is 0. The molecule has 0 amide bonds. The van der Waals surface area contributed by atoms with Crippen LogP contribution in [0.5, 0.6) is 0 Å². The lowest BCUT2D eigenvalue weighted by Crippen LogP contribution is -2.05. The third kappa shape index (κ3) is 0.942. The Morgan fingerprint density at radius 2 is 2.14 bits per heavy atom. The summed E-state index contributed by atoms with van der Waals surface area (Å²) in [5.74, 6) is 0.458. The fraction of sp³-hybridized carbons (Fsp3) is 1.00. The van der Waals surface area contributed by atoms with E-state index >= 15 is 0 Å². The van der Waals surface area contributed by atoms with Crippen molar-refractivity contribution in [2.24, 2.45) is 5.92 Å². The van der Waals surface area contributed by atoms with E-state index in [0.29, 0.717) is 5.92 Å². The Morgan fingerprint density at radius 1 is 1.43 bits per heavy atom. The van der Waals surface area contributed by atoms with Gasteiger partial charge in [-0.15, -0.1) is 0 Å². The van der Waals surface area contributed by atoms with E-state index in [2.05, 4.69) is 0 Å². The lowest BCUT2D eigenvalue weighted by atomic mass is 10.1. The molecule has 1 aliphatic carbocycles. The molecule has 0 bridgehead atoms. The van der Waals surface area contributed by atoms with Gasteiger partial charge in [-0.1, -0.05) is 13.3 Å². The first kappa shape index (κ1) is 5.10. The van der Waals surface area contributed by atoms with Gasteiger partial charge in [0.25, 0.3) is 0 Å². The number of rotatable bonds is 0. The lowest BCUT2D eigenvalue weighted by Gasteiger charge is -2.01. The summed E-state index contributed by atoms with van der Waals surface area (Å²) in [5, 5.41) is 10.7. The van der Waals surface area contributed by atoms with Crippen LogP contribution in [0.2, 0.25) is 0 Å². The number of hydrogen-bond donors (Lipinski definition) is 0. The summed E-state index contributed by atoms with van der Waals surface area (Å²) < 4.78 is 0. The molecule has 0 aromatic rings. The average molecular weight is 99.2 g/mol. The van der Waals surface area contributed by atoms with E-state index in [0.717, 1.165) is 19.3 Å². The Balaban J connectivity index is 2.33. The maximum Gasteiger partial charge on any atom is 0.0955 e. The van der Waals surface area contributed by atoms with E-state index in [9.17, 15) is 5.11 Å². The monoisotopic (exact) mass is 99.1 g/mol. The van der Waals surface area contributed by atoms with E-state index < -0.39 is 0 Å². The van der Waals surface area contributed by atoms with Gasteiger partial charge in [0.1, 0.15) is 0 Å². The summed E-state index contributed by atoms with van der Waals surface area (Å²) in [6.07, 6.45) is 3.00. The van der Waals surface area contributed by atoms with Crippen molar-refractivity contribution in [3.63, 3.8) is 0 Å². The fourth-order valence-corrected chi connectivity index (χ4v) is 1.11. The molecule has 1 saturated carbocycles. The smallest absolute Gasteiger partial charge is 0.0955 e. The molecule has 0 N–H and O–H groups in total. The van der Waals surface area contributed by atoms with Crippen molar-refractivity contribution in [1.29, 1.82) is 0 Å². The van der Waals surface area contributed by atoms with Gasteiger partial charge < -0.3 is 0 Å². The van der Waals surface area contributed by atoms with E-state index in [1.54, 1.807) is 0 Å². The molecule has 0 saturated heterocycles. The van der Waals surface area contributed by atoms with E-state index in [4.69, 9.17) is 0 Å². The molecule has 2 atom stereocenters. The van der Waals surface area contributed by atoms with E-state index in [1.165, 1.54) is 0 Å². The molecule has 2 unspecified atom stereocenters. The van der Waals surface area contributed by atoms with Crippen LogP contribution < -0.4 is 0 Å². The van der Waals surface area contributed by atoms with Crippen LogP contribution in [0.1, 0.15) is 26.2 Å². The normalized spacial score (nSPS) is 42.0. The Labute approximate surface area is 44.4 Å². The summed E-state index contributed by atoms with van der Waals surface area (Å²) >= 11 is 0. The second kappa shape index (κ2) is 1.83. The second-order valence-electron chi connectivity index (χ2n) is 2.45. The first-order chi connectivity index (χ1) is 3.30. The highest BCUT2D eigenvalue weighted by Crippen LogP contribution is 2.24. The molecule has 1 aliphatic rings. The van der Waals surface area contributed by atoms with Crippen LogP contribution in [-0.4, -0.2) is 6.10 Å². The maximum absolute atomic E-state index is 10.7. The van der Waals surface area contributed by atoms with Crippen molar-refractivity contribution in [2.45, 2.75) is 32.3 Å². The molecule has 0 aromatic heterocycles. The average Bonchev–Trinajstić information content (AvgIpc) is 1.91. The zero-order valence-corrected chi connectivity index (χ0v) is 4.68. The quantitative estimate of drug-likeness (QED) is 0.439. The van der Waals surface area contributed by atoms with Crippen LogP contribution in [0.25, 0.3) is 0 Å². The Hall–Kier alpha value is -0.0400.